The van der Waals surface area contributed by atoms with Crippen molar-refractivity contribution in [3.05, 3.63) is 85.1 Å². The Kier molecular flexibility index (Phi) is 5.73. The van der Waals surface area contributed by atoms with E-state index in [1.807, 2.05) is 0 Å². The van der Waals surface area contributed by atoms with Gasteiger partial charge in [-0.1, -0.05) is 29.5 Å². The molecule has 0 unspecified atom stereocenters. The molecule has 0 aliphatic rings. The summed E-state index contributed by atoms with van der Waals surface area (Å²) < 4.78 is 51.8. The molecule has 5 nitrogen and oxygen atoms in total. The number of halogens is 4. The van der Waals surface area contributed by atoms with E-state index in [1.54, 1.807) is 0 Å². The number of amides is 1. The number of aromatic hydroxyl groups is 1. The molecular weight excluding hydrogens is 412 g/mol. The maximum absolute atomic E-state index is 14.1. The van der Waals surface area contributed by atoms with E-state index in [2.05, 4.69) is 10.3 Å². The van der Waals surface area contributed by atoms with Gasteiger partial charge in [0, 0.05) is 13.0 Å². The zero-order valence-corrected chi connectivity index (χ0v) is 15.5. The zero-order valence-electron chi connectivity index (χ0n) is 14.6. The lowest BCUT2D eigenvalue weighted by Gasteiger charge is -2.10. The third kappa shape index (κ3) is 5.02. The molecule has 10 heteroatoms. The summed E-state index contributed by atoms with van der Waals surface area (Å²) in [4.78, 5) is 25.7. The number of thiazole rings is 1. The minimum Gasteiger partial charge on any atom is -0.494 e. The standard InChI is InChI=1S/C19H14F4N2O3S/c20-14-6-3-11(8-15-17(27)25-18(28)29-15)7-13(14)16(26)24-9-10-1-4-12(5-2-10)19(21,22)23/h1-7,27H,8-9H2,(H,24,26)(H,25,28). The predicted octanol–water partition coefficient (Wildman–Crippen LogP) is 3.82. The Hall–Kier alpha value is -3.14. The highest BCUT2D eigenvalue weighted by Gasteiger charge is 2.29. The van der Waals surface area contributed by atoms with Crippen LogP contribution in [0.5, 0.6) is 5.88 Å². The number of aromatic amines is 1. The van der Waals surface area contributed by atoms with Crippen LogP contribution in [-0.4, -0.2) is 16.0 Å². The Morgan fingerprint density at radius 2 is 1.76 bits per heavy atom. The minimum absolute atomic E-state index is 0.0825. The molecule has 0 spiro atoms. The second-order valence-corrected chi connectivity index (χ2v) is 7.22. The van der Waals surface area contributed by atoms with E-state index in [4.69, 9.17) is 0 Å². The number of nitrogens with one attached hydrogen (secondary N) is 2. The molecule has 1 heterocycles. The van der Waals surface area contributed by atoms with E-state index in [-0.39, 0.29) is 24.4 Å². The van der Waals surface area contributed by atoms with Crippen LogP contribution in [0.4, 0.5) is 17.6 Å². The largest absolute Gasteiger partial charge is 0.494 e. The highest BCUT2D eigenvalue weighted by molar-refractivity contribution is 7.09. The van der Waals surface area contributed by atoms with E-state index in [0.29, 0.717) is 16.0 Å². The fourth-order valence-electron chi connectivity index (χ4n) is 2.60. The third-order valence-electron chi connectivity index (χ3n) is 4.07. The summed E-state index contributed by atoms with van der Waals surface area (Å²) in [6.45, 7) is -0.0825. The number of carbonyl (C=O) groups is 1. The Labute approximate surface area is 165 Å². The average Bonchev–Trinajstić information content (AvgIpc) is 2.97. The minimum atomic E-state index is -4.45. The summed E-state index contributed by atoms with van der Waals surface area (Å²) in [5.74, 6) is -1.79. The SMILES string of the molecule is O=C(NCc1ccc(C(F)(F)F)cc1)c1cc(Cc2sc(=O)[nH]c2O)ccc1F. The van der Waals surface area contributed by atoms with Gasteiger partial charge in [0.15, 0.2) is 0 Å². The molecule has 0 saturated carbocycles. The highest BCUT2D eigenvalue weighted by Crippen LogP contribution is 2.29. The van der Waals surface area contributed by atoms with Crippen LogP contribution in [0, 0.1) is 5.82 Å². The lowest BCUT2D eigenvalue weighted by molar-refractivity contribution is -0.137. The van der Waals surface area contributed by atoms with Gasteiger partial charge >= 0.3 is 11.0 Å². The number of alkyl halides is 3. The quantitative estimate of drug-likeness (QED) is 0.543. The lowest BCUT2D eigenvalue weighted by Crippen LogP contribution is -2.24. The molecule has 2 aromatic carbocycles. The second kappa shape index (κ2) is 8.08. The fourth-order valence-corrected chi connectivity index (χ4v) is 3.36. The van der Waals surface area contributed by atoms with Gasteiger partial charge in [-0.25, -0.2) is 4.39 Å². The molecule has 1 amide bonds. The second-order valence-electron chi connectivity index (χ2n) is 6.15. The van der Waals surface area contributed by atoms with Crippen LogP contribution >= 0.6 is 11.3 Å². The van der Waals surface area contributed by atoms with E-state index in [9.17, 15) is 32.3 Å². The van der Waals surface area contributed by atoms with Gasteiger partial charge < -0.3 is 10.4 Å². The van der Waals surface area contributed by atoms with E-state index in [0.717, 1.165) is 29.5 Å². The molecule has 3 rings (SSSR count). The molecule has 0 bridgehead atoms. The van der Waals surface area contributed by atoms with Crippen molar-refractivity contribution in [1.29, 1.82) is 0 Å². The Bertz CT molecular complexity index is 1090. The van der Waals surface area contributed by atoms with Crippen molar-refractivity contribution >= 4 is 17.2 Å². The normalized spacial score (nSPS) is 11.4. The molecule has 29 heavy (non-hydrogen) atoms. The van der Waals surface area contributed by atoms with Gasteiger partial charge in [-0.3, -0.25) is 14.6 Å². The molecule has 0 saturated heterocycles. The molecule has 3 aromatic rings. The van der Waals surface area contributed by atoms with E-state index >= 15 is 0 Å². The molecule has 0 atom stereocenters. The van der Waals surface area contributed by atoms with E-state index < -0.39 is 28.3 Å². The first-order valence-corrected chi connectivity index (χ1v) is 9.09. The molecular formula is C19H14F4N2O3S. The number of benzene rings is 2. The molecule has 152 valence electrons. The summed E-state index contributed by atoms with van der Waals surface area (Å²) in [7, 11) is 0. The van der Waals surface area contributed by atoms with Crippen molar-refractivity contribution in [2.45, 2.75) is 19.1 Å². The van der Waals surface area contributed by atoms with Crippen LogP contribution in [-0.2, 0) is 19.1 Å². The smallest absolute Gasteiger partial charge is 0.416 e. The molecule has 0 aliphatic heterocycles. The van der Waals surface area contributed by atoms with Crippen LogP contribution in [0.1, 0.15) is 31.9 Å². The average molecular weight is 426 g/mol. The number of rotatable bonds is 5. The monoisotopic (exact) mass is 426 g/mol. The number of hydrogen-bond donors (Lipinski definition) is 3. The molecule has 0 fully saturated rings. The summed E-state index contributed by atoms with van der Waals surface area (Å²) in [6, 6.07) is 8.06. The zero-order chi connectivity index (χ0) is 21.2. The molecule has 0 radical (unpaired) electrons. The predicted molar refractivity (Wildman–Crippen MR) is 98.4 cm³/mol. The van der Waals surface area contributed by atoms with Crippen molar-refractivity contribution in [2.75, 3.05) is 0 Å². The van der Waals surface area contributed by atoms with Crippen molar-refractivity contribution in [2.24, 2.45) is 0 Å². The summed E-state index contributed by atoms with van der Waals surface area (Å²) in [6.07, 6.45) is -4.33. The number of H-pyrrole nitrogens is 1. The Morgan fingerprint density at radius 3 is 2.34 bits per heavy atom. The first kappa shape index (κ1) is 20.6. The summed E-state index contributed by atoms with van der Waals surface area (Å²) in [5, 5.41) is 12.1. The maximum Gasteiger partial charge on any atom is 0.416 e. The highest BCUT2D eigenvalue weighted by atomic mass is 32.1. The molecule has 3 N–H and O–H groups in total. The van der Waals surface area contributed by atoms with Gasteiger partial charge in [-0.15, -0.1) is 0 Å². The van der Waals surface area contributed by atoms with Crippen LogP contribution in [0.3, 0.4) is 0 Å². The van der Waals surface area contributed by atoms with Gasteiger partial charge in [0.25, 0.3) is 5.91 Å². The first-order valence-electron chi connectivity index (χ1n) is 8.27. The maximum atomic E-state index is 14.1. The van der Waals surface area contributed by atoms with E-state index in [1.165, 1.54) is 24.3 Å². The van der Waals surface area contributed by atoms with Crippen LogP contribution < -0.4 is 10.2 Å². The van der Waals surface area contributed by atoms with Crippen molar-refractivity contribution in [1.82, 2.24) is 10.3 Å². The first-order chi connectivity index (χ1) is 13.6. The van der Waals surface area contributed by atoms with Crippen LogP contribution in [0.15, 0.2) is 47.3 Å². The fraction of sp³-hybridized carbons (Fsp3) is 0.158. The van der Waals surface area contributed by atoms with Gasteiger partial charge in [0.2, 0.25) is 5.88 Å². The summed E-state index contributed by atoms with van der Waals surface area (Å²) in [5.41, 5.74) is -0.139. The Balaban J connectivity index is 1.70. The Morgan fingerprint density at radius 1 is 1.10 bits per heavy atom. The number of hydrogen-bond acceptors (Lipinski definition) is 4. The van der Waals surface area contributed by atoms with Crippen molar-refractivity contribution in [3.63, 3.8) is 0 Å². The number of aromatic nitrogens is 1. The summed E-state index contributed by atoms with van der Waals surface area (Å²) >= 11 is 0.802. The topological polar surface area (TPSA) is 82.2 Å². The molecule has 0 aliphatic carbocycles. The number of carbonyl (C=O) groups excluding carboxylic acids is 1. The van der Waals surface area contributed by atoms with Crippen LogP contribution in [0.2, 0.25) is 0 Å². The van der Waals surface area contributed by atoms with Crippen LogP contribution in [0.25, 0.3) is 0 Å². The van der Waals surface area contributed by atoms with Crippen molar-refractivity contribution < 1.29 is 27.5 Å². The third-order valence-corrected chi connectivity index (χ3v) is 4.95. The lowest BCUT2D eigenvalue weighted by atomic mass is 10.1. The van der Waals surface area contributed by atoms with Gasteiger partial charge in [0.1, 0.15) is 5.82 Å². The van der Waals surface area contributed by atoms with Crippen molar-refractivity contribution in [3.8, 4) is 5.88 Å². The van der Waals surface area contributed by atoms with Gasteiger partial charge in [-0.05, 0) is 35.4 Å². The van der Waals surface area contributed by atoms with Gasteiger partial charge in [0.05, 0.1) is 16.0 Å². The van der Waals surface area contributed by atoms with Gasteiger partial charge in [-0.2, -0.15) is 13.2 Å². The molecule has 1 aromatic heterocycles.